The van der Waals surface area contributed by atoms with Gasteiger partial charge in [-0.1, -0.05) is 44.2 Å². The van der Waals surface area contributed by atoms with Crippen molar-refractivity contribution < 1.29 is 9.59 Å². The van der Waals surface area contributed by atoms with Crippen LogP contribution in [0.5, 0.6) is 0 Å². The Hall–Kier alpha value is -1.44. The highest BCUT2D eigenvalue weighted by atomic mass is 16.2. The van der Waals surface area contributed by atoms with Gasteiger partial charge in [0.15, 0.2) is 0 Å². The van der Waals surface area contributed by atoms with Crippen molar-refractivity contribution in [1.29, 1.82) is 0 Å². The summed E-state index contributed by atoms with van der Waals surface area (Å²) in [4.78, 5) is 24.7. The smallest absolute Gasteiger partial charge is 0.147 e. The number of benzene rings is 1. The molecule has 1 spiro atoms. The predicted molar refractivity (Wildman–Crippen MR) is 69.3 cm³/mol. The van der Waals surface area contributed by atoms with Crippen molar-refractivity contribution in [3.63, 3.8) is 0 Å². The lowest BCUT2D eigenvalue weighted by molar-refractivity contribution is -0.141. The molecule has 3 rings (SSSR count). The zero-order valence-electron chi connectivity index (χ0n) is 10.9. The fourth-order valence-electron chi connectivity index (χ4n) is 3.37. The molecule has 0 aliphatic heterocycles. The van der Waals surface area contributed by atoms with Gasteiger partial charge in [0.2, 0.25) is 0 Å². The van der Waals surface area contributed by atoms with Gasteiger partial charge in [0, 0.05) is 18.8 Å². The second-order valence-electron chi connectivity index (χ2n) is 6.50. The summed E-state index contributed by atoms with van der Waals surface area (Å²) in [6.07, 6.45) is 1.81. The Bertz CT molecular complexity index is 493. The summed E-state index contributed by atoms with van der Waals surface area (Å²) in [5.41, 5.74) is 0.332. The molecule has 2 aliphatic carbocycles. The van der Waals surface area contributed by atoms with E-state index in [1.54, 1.807) is 0 Å². The fraction of sp³-hybridized carbons (Fsp3) is 0.500. The van der Waals surface area contributed by atoms with Gasteiger partial charge < -0.3 is 0 Å². The van der Waals surface area contributed by atoms with Crippen molar-refractivity contribution in [3.8, 4) is 0 Å². The van der Waals surface area contributed by atoms with Crippen LogP contribution in [0.3, 0.4) is 0 Å². The highest BCUT2D eigenvalue weighted by molar-refractivity contribution is 6.13. The largest absolute Gasteiger partial charge is 0.299 e. The van der Waals surface area contributed by atoms with E-state index in [1.807, 2.05) is 44.2 Å². The first-order valence-electron chi connectivity index (χ1n) is 6.57. The Morgan fingerprint density at radius 1 is 1.00 bits per heavy atom. The van der Waals surface area contributed by atoms with Gasteiger partial charge in [0.25, 0.3) is 0 Å². The average Bonchev–Trinajstić information content (AvgIpc) is 3.03. The van der Waals surface area contributed by atoms with Gasteiger partial charge in [0.1, 0.15) is 11.6 Å². The molecule has 2 fully saturated rings. The number of hydrogen-bond acceptors (Lipinski definition) is 2. The molecule has 0 amide bonds. The SMILES string of the molecule is CC1(C)CC(=O)C2(CC2c2ccccc2)C(=O)C1. The van der Waals surface area contributed by atoms with Crippen molar-refractivity contribution in [3.05, 3.63) is 35.9 Å². The molecule has 0 aromatic heterocycles. The minimum absolute atomic E-state index is 0.134. The lowest BCUT2D eigenvalue weighted by Crippen LogP contribution is -2.40. The zero-order valence-corrected chi connectivity index (χ0v) is 10.9. The number of hydrogen-bond donors (Lipinski definition) is 0. The maximum Gasteiger partial charge on any atom is 0.147 e. The van der Waals surface area contributed by atoms with E-state index in [-0.39, 0.29) is 22.9 Å². The van der Waals surface area contributed by atoms with Gasteiger partial charge in [-0.3, -0.25) is 9.59 Å². The van der Waals surface area contributed by atoms with Crippen LogP contribution in [0.15, 0.2) is 30.3 Å². The minimum Gasteiger partial charge on any atom is -0.299 e. The molecule has 1 atom stereocenters. The fourth-order valence-corrected chi connectivity index (χ4v) is 3.37. The van der Waals surface area contributed by atoms with E-state index in [1.165, 1.54) is 0 Å². The predicted octanol–water partition coefficient (Wildman–Crippen LogP) is 3.12. The lowest BCUT2D eigenvalue weighted by Gasteiger charge is -2.32. The van der Waals surface area contributed by atoms with Crippen LogP contribution < -0.4 is 0 Å². The number of carbonyl (C=O) groups excluding carboxylic acids is 2. The van der Waals surface area contributed by atoms with Crippen LogP contribution >= 0.6 is 0 Å². The molecule has 0 N–H and O–H groups in total. The number of ketones is 2. The van der Waals surface area contributed by atoms with Gasteiger partial charge in [-0.15, -0.1) is 0 Å². The Morgan fingerprint density at radius 2 is 1.56 bits per heavy atom. The molecule has 0 heterocycles. The standard InChI is InChI=1S/C16H18O2/c1-15(2)9-13(17)16(14(18)10-15)8-12(16)11-6-4-3-5-7-11/h3-7,12H,8-10H2,1-2H3. The van der Waals surface area contributed by atoms with Crippen molar-refractivity contribution in [2.24, 2.45) is 10.8 Å². The van der Waals surface area contributed by atoms with E-state index >= 15 is 0 Å². The van der Waals surface area contributed by atoms with Crippen molar-refractivity contribution >= 4 is 11.6 Å². The molecule has 2 saturated carbocycles. The van der Waals surface area contributed by atoms with Gasteiger partial charge in [-0.25, -0.2) is 0 Å². The molecule has 1 aromatic carbocycles. The van der Waals surface area contributed by atoms with Crippen LogP contribution in [0, 0.1) is 10.8 Å². The van der Waals surface area contributed by atoms with Crippen LogP contribution in [0.4, 0.5) is 0 Å². The first-order valence-corrected chi connectivity index (χ1v) is 6.57. The number of rotatable bonds is 1. The maximum absolute atomic E-state index is 12.4. The zero-order chi connectivity index (χ0) is 13.0. The summed E-state index contributed by atoms with van der Waals surface area (Å²) in [5, 5.41) is 0. The third kappa shape index (κ3) is 1.55. The van der Waals surface area contributed by atoms with E-state index < -0.39 is 5.41 Å². The molecule has 2 nitrogen and oxygen atoms in total. The maximum atomic E-state index is 12.4. The molecule has 0 bridgehead atoms. The van der Waals surface area contributed by atoms with Crippen molar-refractivity contribution in [2.45, 2.75) is 39.0 Å². The number of carbonyl (C=O) groups is 2. The monoisotopic (exact) mass is 242 g/mol. The third-order valence-electron chi connectivity index (χ3n) is 4.44. The molecule has 0 saturated heterocycles. The topological polar surface area (TPSA) is 34.1 Å². The van der Waals surface area contributed by atoms with E-state index in [0.717, 1.165) is 12.0 Å². The highest BCUT2D eigenvalue weighted by Gasteiger charge is 2.67. The summed E-state index contributed by atoms with van der Waals surface area (Å²) >= 11 is 0. The second kappa shape index (κ2) is 3.53. The van der Waals surface area contributed by atoms with E-state index in [2.05, 4.69) is 0 Å². The average molecular weight is 242 g/mol. The summed E-state index contributed by atoms with van der Waals surface area (Å²) in [7, 11) is 0. The molecule has 18 heavy (non-hydrogen) atoms. The summed E-state index contributed by atoms with van der Waals surface area (Å²) in [6.45, 7) is 4.02. The molecule has 0 radical (unpaired) electrons. The lowest BCUT2D eigenvalue weighted by atomic mass is 9.68. The van der Waals surface area contributed by atoms with Crippen LogP contribution in [0.2, 0.25) is 0 Å². The highest BCUT2D eigenvalue weighted by Crippen LogP contribution is 2.64. The summed E-state index contributed by atoms with van der Waals surface area (Å²) < 4.78 is 0. The van der Waals surface area contributed by atoms with E-state index in [0.29, 0.717) is 12.8 Å². The molecule has 2 heteroatoms. The first kappa shape index (κ1) is 11.6. The molecule has 1 aromatic rings. The first-order chi connectivity index (χ1) is 8.46. The van der Waals surface area contributed by atoms with Crippen molar-refractivity contribution in [2.75, 3.05) is 0 Å². The van der Waals surface area contributed by atoms with E-state index in [4.69, 9.17) is 0 Å². The van der Waals surface area contributed by atoms with Gasteiger partial charge in [-0.05, 0) is 17.4 Å². The molecule has 2 aliphatic rings. The van der Waals surface area contributed by atoms with Gasteiger partial charge in [0.05, 0.1) is 5.41 Å². The Morgan fingerprint density at radius 3 is 2.11 bits per heavy atom. The second-order valence-corrected chi connectivity index (χ2v) is 6.50. The van der Waals surface area contributed by atoms with Gasteiger partial charge in [-0.2, -0.15) is 0 Å². The quantitative estimate of drug-likeness (QED) is 0.709. The normalized spacial score (nSPS) is 28.4. The van der Waals surface area contributed by atoms with Crippen LogP contribution in [0.1, 0.15) is 44.6 Å². The van der Waals surface area contributed by atoms with Crippen LogP contribution in [0.25, 0.3) is 0 Å². The van der Waals surface area contributed by atoms with E-state index in [9.17, 15) is 9.59 Å². The third-order valence-corrected chi connectivity index (χ3v) is 4.44. The van der Waals surface area contributed by atoms with Crippen LogP contribution in [-0.2, 0) is 9.59 Å². The Labute approximate surface area is 107 Å². The van der Waals surface area contributed by atoms with Crippen molar-refractivity contribution in [1.82, 2.24) is 0 Å². The molecule has 94 valence electrons. The minimum atomic E-state index is -0.656. The van der Waals surface area contributed by atoms with Gasteiger partial charge >= 0.3 is 0 Å². The summed E-state index contributed by atoms with van der Waals surface area (Å²) in [6, 6.07) is 9.97. The molecule has 1 unspecified atom stereocenters. The number of Topliss-reactive ketones (excluding diaryl/α,β-unsaturated/α-hetero) is 2. The molecular weight excluding hydrogens is 224 g/mol. The Kier molecular flexibility index (Phi) is 2.28. The molecular formula is C16H18O2. The summed E-state index contributed by atoms with van der Waals surface area (Å²) in [5.74, 6) is 0.463. The van der Waals surface area contributed by atoms with Crippen LogP contribution in [-0.4, -0.2) is 11.6 Å². The Balaban J connectivity index is 1.91.